The molecule has 0 saturated carbocycles. The van der Waals surface area contributed by atoms with Crippen LogP contribution in [0.15, 0.2) is 53.6 Å². The Balaban J connectivity index is 1.97. The molecular weight excluding hydrogens is 460 g/mol. The van der Waals surface area contributed by atoms with E-state index in [0.717, 1.165) is 25.4 Å². The van der Waals surface area contributed by atoms with E-state index in [1.807, 2.05) is 4.57 Å². The van der Waals surface area contributed by atoms with E-state index >= 15 is 0 Å². The molecule has 0 saturated heterocycles. The molecule has 3 rings (SSSR count). The number of benzene rings is 2. The Morgan fingerprint density at radius 2 is 1.71 bits per heavy atom. The molecule has 1 heterocycles. The van der Waals surface area contributed by atoms with E-state index < -0.39 is 27.4 Å². The van der Waals surface area contributed by atoms with Gasteiger partial charge in [-0.1, -0.05) is 13.8 Å². The lowest BCUT2D eigenvalue weighted by Gasteiger charge is -2.19. The molecule has 1 aromatic heterocycles. The highest BCUT2D eigenvalue weighted by atomic mass is 32.2. The van der Waals surface area contributed by atoms with E-state index in [1.165, 1.54) is 36.4 Å². The van der Waals surface area contributed by atoms with Crippen molar-refractivity contribution in [2.45, 2.75) is 32.2 Å². The van der Waals surface area contributed by atoms with Gasteiger partial charge in [0.05, 0.1) is 16.2 Å². The number of likely N-dealkylation sites (N-methyl/N-ethyl adjacent to an activating group) is 1. The molecule has 0 atom stereocenters. The van der Waals surface area contributed by atoms with Crippen LogP contribution in [0.1, 0.15) is 29.8 Å². The molecule has 0 bridgehead atoms. The molecule has 9 heteroatoms. The van der Waals surface area contributed by atoms with Crippen molar-refractivity contribution in [3.63, 3.8) is 0 Å². The Morgan fingerprint density at radius 3 is 2.26 bits per heavy atom. The number of amides is 1. The average molecular weight is 490 g/mol. The monoisotopic (exact) mass is 489 g/mol. The number of hydrogen-bond acceptors (Lipinski definition) is 4. The van der Waals surface area contributed by atoms with E-state index in [0.29, 0.717) is 35.6 Å². The number of aromatic nitrogens is 1. The molecule has 0 fully saturated rings. The maximum atomic E-state index is 14.7. The molecule has 6 nitrogen and oxygen atoms in total. The lowest BCUT2D eigenvalue weighted by molar-refractivity contribution is 0.102. The molecule has 0 spiro atoms. The molecule has 1 N–H and O–H groups in total. The molecule has 0 aliphatic carbocycles. The number of halogens is 2. The lowest BCUT2D eigenvalue weighted by atomic mass is 10.0. The second-order valence-corrected chi connectivity index (χ2v) is 10.1. The van der Waals surface area contributed by atoms with Crippen molar-refractivity contribution in [1.82, 2.24) is 9.47 Å². The molecule has 34 heavy (non-hydrogen) atoms. The van der Waals surface area contributed by atoms with Crippen LogP contribution in [0.2, 0.25) is 0 Å². The first-order valence-corrected chi connectivity index (χ1v) is 12.9. The minimum absolute atomic E-state index is 0.151. The summed E-state index contributed by atoms with van der Waals surface area (Å²) in [5.74, 6) is -1.78. The summed E-state index contributed by atoms with van der Waals surface area (Å²) in [6.07, 6.45) is 2.79. The number of anilines is 1. The zero-order valence-corrected chi connectivity index (χ0v) is 20.5. The van der Waals surface area contributed by atoms with Gasteiger partial charge in [0.1, 0.15) is 11.6 Å². The summed E-state index contributed by atoms with van der Waals surface area (Å²) in [7, 11) is -3.35. The Labute approximate surface area is 199 Å². The van der Waals surface area contributed by atoms with Crippen LogP contribution >= 0.6 is 0 Å². The van der Waals surface area contributed by atoms with Gasteiger partial charge in [-0.15, -0.1) is 0 Å². The molecule has 2 aromatic carbocycles. The van der Waals surface area contributed by atoms with E-state index in [9.17, 15) is 22.0 Å². The molecule has 182 valence electrons. The third-order valence-corrected chi connectivity index (χ3v) is 6.98. The summed E-state index contributed by atoms with van der Waals surface area (Å²) in [5.41, 5.74) is 2.08. The fourth-order valence-electron chi connectivity index (χ4n) is 3.88. The van der Waals surface area contributed by atoms with Crippen molar-refractivity contribution >= 4 is 21.4 Å². The quantitative estimate of drug-likeness (QED) is 0.471. The van der Waals surface area contributed by atoms with Crippen LogP contribution in [0, 0.1) is 18.6 Å². The highest BCUT2D eigenvalue weighted by molar-refractivity contribution is 7.90. The number of nitrogens with one attached hydrogen (secondary N) is 1. The normalized spacial score (nSPS) is 11.7. The molecular formula is C25H29F2N3O3S. The standard InChI is InChI=1S/C25H29F2N3O3S/c1-5-29(6-2)13-14-30-16-22(17(3)24(30)21-12-7-18(26)15-23(21)27)25(31)28-19-8-10-20(11-9-19)34(4,32)33/h7-12,15-16H,5-6,13-14H2,1-4H3,(H,28,31). The van der Waals surface area contributed by atoms with Crippen molar-refractivity contribution < 1.29 is 22.0 Å². The van der Waals surface area contributed by atoms with E-state index in [1.54, 1.807) is 13.1 Å². The number of carbonyl (C=O) groups excluding carboxylic acids is 1. The smallest absolute Gasteiger partial charge is 0.257 e. The molecule has 3 aromatic rings. The first kappa shape index (κ1) is 25.6. The molecule has 1 amide bonds. The Hall–Kier alpha value is -3.04. The predicted molar refractivity (Wildman–Crippen MR) is 130 cm³/mol. The van der Waals surface area contributed by atoms with Gasteiger partial charge < -0.3 is 14.8 Å². The summed E-state index contributed by atoms with van der Waals surface area (Å²) in [4.78, 5) is 15.5. The van der Waals surface area contributed by atoms with Crippen molar-refractivity contribution in [3.8, 4) is 11.3 Å². The molecule has 0 aliphatic heterocycles. The van der Waals surface area contributed by atoms with Crippen molar-refractivity contribution in [1.29, 1.82) is 0 Å². The van der Waals surface area contributed by atoms with Crippen LogP contribution in [-0.2, 0) is 16.4 Å². The van der Waals surface area contributed by atoms with Crippen LogP contribution in [0.5, 0.6) is 0 Å². The first-order chi connectivity index (χ1) is 16.0. The third-order valence-electron chi connectivity index (χ3n) is 5.85. The topological polar surface area (TPSA) is 71.4 Å². The summed E-state index contributed by atoms with van der Waals surface area (Å²) in [6.45, 7) is 8.77. The minimum Gasteiger partial charge on any atom is -0.345 e. The van der Waals surface area contributed by atoms with E-state index in [2.05, 4.69) is 24.1 Å². The van der Waals surface area contributed by atoms with Crippen LogP contribution in [0.25, 0.3) is 11.3 Å². The fraction of sp³-hybridized carbons (Fsp3) is 0.320. The summed E-state index contributed by atoms with van der Waals surface area (Å²) >= 11 is 0. The number of nitrogens with zero attached hydrogens (tertiary/aromatic N) is 2. The van der Waals surface area contributed by atoms with Crippen LogP contribution in [-0.4, -0.2) is 49.7 Å². The van der Waals surface area contributed by atoms with Gasteiger partial charge in [0.15, 0.2) is 9.84 Å². The van der Waals surface area contributed by atoms with Crippen LogP contribution in [0.3, 0.4) is 0 Å². The highest BCUT2D eigenvalue weighted by Crippen LogP contribution is 2.31. The van der Waals surface area contributed by atoms with Gasteiger partial charge in [0.25, 0.3) is 5.91 Å². The van der Waals surface area contributed by atoms with Gasteiger partial charge in [-0.05, 0) is 62.0 Å². The Morgan fingerprint density at radius 1 is 1.06 bits per heavy atom. The van der Waals surface area contributed by atoms with E-state index in [4.69, 9.17) is 0 Å². The fourth-order valence-corrected chi connectivity index (χ4v) is 4.51. The van der Waals surface area contributed by atoms with Gasteiger partial charge >= 0.3 is 0 Å². The van der Waals surface area contributed by atoms with E-state index in [-0.39, 0.29) is 10.5 Å². The summed E-state index contributed by atoms with van der Waals surface area (Å²) in [5, 5.41) is 2.77. The Kier molecular flexibility index (Phi) is 7.89. The minimum atomic E-state index is -3.35. The number of carbonyl (C=O) groups is 1. The van der Waals surface area contributed by atoms with Crippen molar-refractivity contribution in [3.05, 3.63) is 71.4 Å². The van der Waals surface area contributed by atoms with Crippen LogP contribution in [0.4, 0.5) is 14.5 Å². The summed E-state index contributed by atoms with van der Waals surface area (Å²) < 4.78 is 53.4. The molecule has 0 unspecified atom stereocenters. The van der Waals surface area contributed by atoms with Gasteiger partial charge in [-0.3, -0.25) is 4.79 Å². The second kappa shape index (κ2) is 10.5. The highest BCUT2D eigenvalue weighted by Gasteiger charge is 2.22. The van der Waals surface area contributed by atoms with Gasteiger partial charge in [-0.2, -0.15) is 0 Å². The van der Waals surface area contributed by atoms with Crippen molar-refractivity contribution in [2.24, 2.45) is 0 Å². The number of sulfone groups is 1. The third kappa shape index (κ3) is 5.71. The Bertz CT molecular complexity index is 1280. The number of rotatable bonds is 9. The van der Waals surface area contributed by atoms with Gasteiger partial charge in [0.2, 0.25) is 0 Å². The maximum absolute atomic E-state index is 14.7. The van der Waals surface area contributed by atoms with Crippen molar-refractivity contribution in [2.75, 3.05) is 31.2 Å². The molecule has 0 aliphatic rings. The molecule has 0 radical (unpaired) electrons. The lowest BCUT2D eigenvalue weighted by Crippen LogP contribution is -2.27. The number of hydrogen-bond donors (Lipinski definition) is 1. The first-order valence-electron chi connectivity index (χ1n) is 11.0. The largest absolute Gasteiger partial charge is 0.345 e. The van der Waals surface area contributed by atoms with Crippen LogP contribution < -0.4 is 5.32 Å². The van der Waals surface area contributed by atoms with Gasteiger partial charge in [0, 0.05) is 42.9 Å². The zero-order valence-electron chi connectivity index (χ0n) is 19.7. The predicted octanol–water partition coefficient (Wildman–Crippen LogP) is 4.74. The summed E-state index contributed by atoms with van der Waals surface area (Å²) in [6, 6.07) is 9.29. The van der Waals surface area contributed by atoms with Gasteiger partial charge in [-0.25, -0.2) is 17.2 Å². The zero-order chi connectivity index (χ0) is 25.0. The maximum Gasteiger partial charge on any atom is 0.257 e. The SMILES string of the molecule is CCN(CC)CCn1cc(C(=O)Nc2ccc(S(C)(=O)=O)cc2)c(C)c1-c1ccc(F)cc1F. The average Bonchev–Trinajstić information content (AvgIpc) is 3.10. The second-order valence-electron chi connectivity index (χ2n) is 8.11.